The lowest BCUT2D eigenvalue weighted by Gasteiger charge is -2.31. The second-order valence-corrected chi connectivity index (χ2v) is 6.16. The number of ketones is 1. The van der Waals surface area contributed by atoms with Crippen molar-refractivity contribution in [3.8, 4) is 6.07 Å². The summed E-state index contributed by atoms with van der Waals surface area (Å²) >= 11 is 0. The molecule has 0 spiro atoms. The Kier molecular flexibility index (Phi) is 6.14. The van der Waals surface area contributed by atoms with E-state index in [2.05, 4.69) is 5.32 Å². The number of anilines is 1. The Bertz CT molecular complexity index is 665. The van der Waals surface area contributed by atoms with Crippen LogP contribution in [0.25, 0.3) is 0 Å². The SMILES string of the molecule is CC(=O)c1ccc(N/C=C(/C#N)C(=O)N(C)C2CCCCC2)cc1. The number of Topliss-reactive ketones (excluding diaryl/α,β-unsaturated/α-hetero) is 1. The summed E-state index contributed by atoms with van der Waals surface area (Å²) in [5.74, 6) is -0.253. The van der Waals surface area contributed by atoms with Gasteiger partial charge in [-0.25, -0.2) is 0 Å². The number of hydrogen-bond acceptors (Lipinski definition) is 4. The van der Waals surface area contributed by atoms with Crippen molar-refractivity contribution >= 4 is 17.4 Å². The Morgan fingerprint density at radius 1 is 1.21 bits per heavy atom. The van der Waals surface area contributed by atoms with Crippen molar-refractivity contribution in [3.05, 3.63) is 41.6 Å². The average Bonchev–Trinajstić information content (AvgIpc) is 2.62. The van der Waals surface area contributed by atoms with Crippen LogP contribution in [0.1, 0.15) is 49.4 Å². The second-order valence-electron chi connectivity index (χ2n) is 6.16. The van der Waals surface area contributed by atoms with Crippen LogP contribution in [0.3, 0.4) is 0 Å². The molecule has 126 valence electrons. The number of carbonyl (C=O) groups is 2. The van der Waals surface area contributed by atoms with Crippen LogP contribution in [0, 0.1) is 11.3 Å². The predicted octanol–water partition coefficient (Wildman–Crippen LogP) is 3.50. The fourth-order valence-corrected chi connectivity index (χ4v) is 2.92. The van der Waals surface area contributed by atoms with E-state index in [-0.39, 0.29) is 23.3 Å². The zero-order chi connectivity index (χ0) is 17.5. The number of likely N-dealkylation sites (N-methyl/N-ethyl adjacent to an activating group) is 1. The predicted molar refractivity (Wildman–Crippen MR) is 93.4 cm³/mol. The van der Waals surface area contributed by atoms with Crippen LogP contribution < -0.4 is 5.32 Å². The first-order valence-corrected chi connectivity index (χ1v) is 8.28. The third-order valence-electron chi connectivity index (χ3n) is 4.47. The van der Waals surface area contributed by atoms with Crippen LogP contribution in [0.15, 0.2) is 36.0 Å². The van der Waals surface area contributed by atoms with Gasteiger partial charge in [-0.3, -0.25) is 9.59 Å². The standard InChI is InChI=1S/C19H23N3O2/c1-14(23)15-8-10-17(11-9-15)21-13-16(12-20)19(24)22(2)18-6-4-3-5-7-18/h8-11,13,18,21H,3-7H2,1-2H3/b16-13-. The number of nitrogens with zero attached hydrogens (tertiary/aromatic N) is 2. The van der Waals surface area contributed by atoms with Crippen LogP contribution in [0.5, 0.6) is 0 Å². The minimum atomic E-state index is -0.253. The van der Waals surface area contributed by atoms with Gasteiger partial charge in [0.2, 0.25) is 0 Å². The summed E-state index contributed by atoms with van der Waals surface area (Å²) in [5, 5.41) is 12.2. The molecule has 0 bridgehead atoms. The van der Waals surface area contributed by atoms with E-state index in [9.17, 15) is 14.9 Å². The van der Waals surface area contributed by atoms with Crippen LogP contribution in [0.2, 0.25) is 0 Å². The van der Waals surface area contributed by atoms with Gasteiger partial charge in [-0.1, -0.05) is 19.3 Å². The molecule has 1 aliphatic carbocycles. The van der Waals surface area contributed by atoms with Crippen LogP contribution in [-0.4, -0.2) is 29.7 Å². The van der Waals surface area contributed by atoms with E-state index < -0.39 is 0 Å². The Hall–Kier alpha value is -2.61. The first kappa shape index (κ1) is 17.7. The van der Waals surface area contributed by atoms with Gasteiger partial charge in [-0.15, -0.1) is 0 Å². The lowest BCUT2D eigenvalue weighted by Crippen LogP contribution is -2.39. The highest BCUT2D eigenvalue weighted by Gasteiger charge is 2.24. The Morgan fingerprint density at radius 3 is 2.38 bits per heavy atom. The van der Waals surface area contributed by atoms with Gasteiger partial charge in [0.05, 0.1) is 0 Å². The molecule has 2 rings (SSSR count). The summed E-state index contributed by atoms with van der Waals surface area (Å²) in [7, 11) is 1.77. The molecular weight excluding hydrogens is 302 g/mol. The second kappa shape index (κ2) is 8.30. The van der Waals surface area contributed by atoms with E-state index in [1.54, 1.807) is 36.2 Å². The van der Waals surface area contributed by atoms with Crippen molar-refractivity contribution < 1.29 is 9.59 Å². The number of benzene rings is 1. The molecule has 1 aliphatic rings. The van der Waals surface area contributed by atoms with E-state index in [1.807, 2.05) is 6.07 Å². The van der Waals surface area contributed by atoms with Gasteiger partial charge >= 0.3 is 0 Å². The molecular formula is C19H23N3O2. The fourth-order valence-electron chi connectivity index (χ4n) is 2.92. The maximum Gasteiger partial charge on any atom is 0.266 e. The number of rotatable bonds is 5. The maximum absolute atomic E-state index is 12.5. The molecule has 0 aromatic heterocycles. The van der Waals surface area contributed by atoms with Crippen LogP contribution >= 0.6 is 0 Å². The average molecular weight is 325 g/mol. The Morgan fingerprint density at radius 2 is 1.83 bits per heavy atom. The van der Waals surface area contributed by atoms with Crippen molar-refractivity contribution in [2.75, 3.05) is 12.4 Å². The van der Waals surface area contributed by atoms with Gasteiger partial charge in [-0.2, -0.15) is 5.26 Å². The summed E-state index contributed by atoms with van der Waals surface area (Å²) in [6.45, 7) is 1.51. The Labute approximate surface area is 143 Å². The van der Waals surface area contributed by atoms with E-state index >= 15 is 0 Å². The van der Waals surface area contributed by atoms with Crippen molar-refractivity contribution in [3.63, 3.8) is 0 Å². The molecule has 0 unspecified atom stereocenters. The lowest BCUT2D eigenvalue weighted by atomic mass is 9.94. The number of nitriles is 1. The third-order valence-corrected chi connectivity index (χ3v) is 4.47. The summed E-state index contributed by atoms with van der Waals surface area (Å²) in [6, 6.07) is 9.11. The number of hydrogen-bond donors (Lipinski definition) is 1. The number of amides is 1. The van der Waals surface area contributed by atoms with E-state index in [4.69, 9.17) is 0 Å². The summed E-state index contributed by atoms with van der Waals surface area (Å²) in [6.07, 6.45) is 6.92. The van der Waals surface area contributed by atoms with Crippen molar-refractivity contribution in [2.45, 2.75) is 45.1 Å². The molecule has 1 aromatic carbocycles. The molecule has 0 saturated heterocycles. The molecule has 5 nitrogen and oxygen atoms in total. The van der Waals surface area contributed by atoms with Crippen molar-refractivity contribution in [1.29, 1.82) is 5.26 Å². The van der Waals surface area contributed by atoms with Gasteiger partial charge in [-0.05, 0) is 44.0 Å². The molecule has 1 aromatic rings. The molecule has 0 heterocycles. The highest BCUT2D eigenvalue weighted by atomic mass is 16.2. The monoisotopic (exact) mass is 325 g/mol. The summed E-state index contributed by atoms with van der Waals surface area (Å²) in [4.78, 5) is 25.4. The normalized spacial score (nSPS) is 15.5. The van der Waals surface area contributed by atoms with E-state index in [0.717, 1.165) is 31.4 Å². The Balaban J connectivity index is 2.03. The molecule has 0 aliphatic heterocycles. The first-order chi connectivity index (χ1) is 11.5. The van der Waals surface area contributed by atoms with Gasteiger partial charge in [0.1, 0.15) is 11.6 Å². The van der Waals surface area contributed by atoms with Crippen molar-refractivity contribution in [1.82, 2.24) is 4.90 Å². The highest BCUT2D eigenvalue weighted by molar-refractivity contribution is 5.97. The van der Waals surface area contributed by atoms with Gasteiger partial charge in [0.15, 0.2) is 5.78 Å². The van der Waals surface area contributed by atoms with E-state index in [0.29, 0.717) is 5.56 Å². The third kappa shape index (κ3) is 4.45. The zero-order valence-corrected chi connectivity index (χ0v) is 14.2. The van der Waals surface area contributed by atoms with Gasteiger partial charge < -0.3 is 10.2 Å². The molecule has 1 fully saturated rings. The highest BCUT2D eigenvalue weighted by Crippen LogP contribution is 2.22. The molecule has 1 saturated carbocycles. The number of carbonyl (C=O) groups excluding carboxylic acids is 2. The van der Waals surface area contributed by atoms with Crippen LogP contribution in [0.4, 0.5) is 5.69 Å². The summed E-state index contributed by atoms with van der Waals surface area (Å²) < 4.78 is 0. The minimum Gasteiger partial charge on any atom is -0.360 e. The van der Waals surface area contributed by atoms with Crippen LogP contribution in [-0.2, 0) is 4.79 Å². The van der Waals surface area contributed by atoms with Gasteiger partial charge in [0, 0.05) is 30.5 Å². The van der Waals surface area contributed by atoms with Gasteiger partial charge in [0.25, 0.3) is 5.91 Å². The largest absolute Gasteiger partial charge is 0.360 e. The molecule has 24 heavy (non-hydrogen) atoms. The lowest BCUT2D eigenvalue weighted by molar-refractivity contribution is -0.128. The fraction of sp³-hybridized carbons (Fsp3) is 0.421. The summed E-state index contributed by atoms with van der Waals surface area (Å²) in [5.41, 5.74) is 1.43. The van der Waals surface area contributed by atoms with Crippen molar-refractivity contribution in [2.24, 2.45) is 0 Å². The maximum atomic E-state index is 12.5. The molecule has 1 N–H and O–H groups in total. The first-order valence-electron chi connectivity index (χ1n) is 8.28. The molecule has 0 atom stereocenters. The molecule has 0 radical (unpaired) electrons. The smallest absolute Gasteiger partial charge is 0.266 e. The molecule has 1 amide bonds. The number of nitrogens with one attached hydrogen (secondary N) is 1. The quantitative estimate of drug-likeness (QED) is 0.511. The molecule has 5 heteroatoms. The zero-order valence-electron chi connectivity index (χ0n) is 14.2. The topological polar surface area (TPSA) is 73.2 Å². The minimum absolute atomic E-state index is 0.000842. The van der Waals surface area contributed by atoms with E-state index in [1.165, 1.54) is 19.5 Å².